The van der Waals surface area contributed by atoms with Gasteiger partial charge in [0.05, 0.1) is 0 Å². The summed E-state index contributed by atoms with van der Waals surface area (Å²) in [6, 6.07) is 15.3. The zero-order valence-electron chi connectivity index (χ0n) is 18.6. The van der Waals surface area contributed by atoms with Crippen LogP contribution in [0.3, 0.4) is 0 Å². The standard InChI is InChI=1S/C26H30ClNO2/c1-25(2,3)20-12-18(13-21(24(20)30)26(4,5)6)23(29)19-14-22(27)28(16-19)15-17-10-8-7-9-11-17/h7-14,16,30H,15H2,1-6H3. The number of ketones is 1. The molecule has 0 aliphatic rings. The van der Waals surface area contributed by atoms with Crippen molar-refractivity contribution in [1.82, 2.24) is 4.57 Å². The summed E-state index contributed by atoms with van der Waals surface area (Å²) < 4.78 is 1.87. The van der Waals surface area contributed by atoms with E-state index in [9.17, 15) is 9.90 Å². The number of aromatic hydroxyl groups is 1. The summed E-state index contributed by atoms with van der Waals surface area (Å²) in [7, 11) is 0. The van der Waals surface area contributed by atoms with E-state index in [0.717, 1.165) is 16.7 Å². The highest BCUT2D eigenvalue weighted by molar-refractivity contribution is 6.30. The van der Waals surface area contributed by atoms with Crippen molar-refractivity contribution in [3.05, 3.63) is 87.7 Å². The summed E-state index contributed by atoms with van der Waals surface area (Å²) in [6.07, 6.45) is 1.80. The van der Waals surface area contributed by atoms with Crippen molar-refractivity contribution in [2.24, 2.45) is 0 Å². The van der Waals surface area contributed by atoms with Gasteiger partial charge < -0.3 is 9.67 Å². The van der Waals surface area contributed by atoms with E-state index in [-0.39, 0.29) is 22.4 Å². The van der Waals surface area contributed by atoms with Crippen LogP contribution in [0.4, 0.5) is 0 Å². The van der Waals surface area contributed by atoms with Crippen LogP contribution in [-0.4, -0.2) is 15.5 Å². The van der Waals surface area contributed by atoms with Crippen molar-refractivity contribution in [2.45, 2.75) is 58.9 Å². The summed E-state index contributed by atoms with van der Waals surface area (Å²) in [5.74, 6) is 0.172. The molecule has 0 saturated carbocycles. The maximum absolute atomic E-state index is 13.4. The van der Waals surface area contributed by atoms with Crippen LogP contribution in [0.15, 0.2) is 54.7 Å². The highest BCUT2D eigenvalue weighted by Gasteiger charge is 2.28. The first-order valence-electron chi connectivity index (χ1n) is 10.2. The molecule has 0 aliphatic heterocycles. The van der Waals surface area contributed by atoms with Crippen LogP contribution >= 0.6 is 11.6 Å². The molecule has 3 rings (SSSR count). The van der Waals surface area contributed by atoms with Crippen LogP contribution in [0.5, 0.6) is 5.75 Å². The fourth-order valence-electron chi connectivity index (χ4n) is 3.58. The number of nitrogens with zero attached hydrogens (tertiary/aromatic N) is 1. The molecule has 1 heterocycles. The van der Waals surface area contributed by atoms with E-state index in [2.05, 4.69) is 0 Å². The Morgan fingerprint density at radius 2 is 1.43 bits per heavy atom. The van der Waals surface area contributed by atoms with Gasteiger partial charge in [0.2, 0.25) is 0 Å². The Hall–Kier alpha value is -2.52. The minimum Gasteiger partial charge on any atom is -0.507 e. The highest BCUT2D eigenvalue weighted by Crippen LogP contribution is 2.40. The largest absolute Gasteiger partial charge is 0.507 e. The third-order valence-electron chi connectivity index (χ3n) is 5.29. The van der Waals surface area contributed by atoms with Crippen LogP contribution in [-0.2, 0) is 17.4 Å². The number of phenolic OH excluding ortho intramolecular Hbond substituents is 1. The normalized spacial score (nSPS) is 12.2. The quantitative estimate of drug-likeness (QED) is 0.473. The lowest BCUT2D eigenvalue weighted by Gasteiger charge is -2.28. The van der Waals surface area contributed by atoms with Crippen LogP contribution < -0.4 is 0 Å². The van der Waals surface area contributed by atoms with Crippen molar-refractivity contribution in [1.29, 1.82) is 0 Å². The Bertz CT molecular complexity index is 1030. The monoisotopic (exact) mass is 423 g/mol. The van der Waals surface area contributed by atoms with E-state index in [1.54, 1.807) is 12.3 Å². The number of benzene rings is 2. The van der Waals surface area contributed by atoms with Gasteiger partial charge in [-0.15, -0.1) is 0 Å². The smallest absolute Gasteiger partial charge is 0.194 e. The number of aromatic nitrogens is 1. The van der Waals surface area contributed by atoms with Gasteiger partial charge >= 0.3 is 0 Å². The molecule has 0 saturated heterocycles. The Balaban J connectivity index is 2.04. The fraction of sp³-hybridized carbons (Fsp3) is 0.346. The number of carbonyl (C=O) groups excluding carboxylic acids is 1. The number of halogens is 1. The van der Waals surface area contributed by atoms with E-state index >= 15 is 0 Å². The molecule has 0 atom stereocenters. The molecule has 0 unspecified atom stereocenters. The average molecular weight is 424 g/mol. The van der Waals surface area contributed by atoms with Crippen LogP contribution in [0.1, 0.15) is 74.2 Å². The molecule has 30 heavy (non-hydrogen) atoms. The molecule has 4 heteroatoms. The summed E-state index contributed by atoms with van der Waals surface area (Å²) in [4.78, 5) is 13.4. The van der Waals surface area contributed by atoms with Gasteiger partial charge in [0.15, 0.2) is 5.78 Å². The van der Waals surface area contributed by atoms with Crippen molar-refractivity contribution >= 4 is 17.4 Å². The molecule has 1 aromatic heterocycles. The molecule has 0 fully saturated rings. The van der Waals surface area contributed by atoms with E-state index < -0.39 is 0 Å². The molecule has 2 aromatic carbocycles. The zero-order valence-corrected chi connectivity index (χ0v) is 19.3. The molecule has 0 bridgehead atoms. The second-order valence-corrected chi connectivity index (χ2v) is 10.3. The molecule has 0 spiro atoms. The van der Waals surface area contributed by atoms with Crippen LogP contribution in [0.25, 0.3) is 0 Å². The number of hydrogen-bond donors (Lipinski definition) is 1. The maximum Gasteiger partial charge on any atom is 0.194 e. The van der Waals surface area contributed by atoms with Gasteiger partial charge in [-0.05, 0) is 34.6 Å². The molecule has 158 valence electrons. The Labute approximate surface area is 184 Å². The maximum atomic E-state index is 13.4. The highest BCUT2D eigenvalue weighted by atomic mass is 35.5. The SMILES string of the molecule is CC(C)(C)c1cc(C(=O)c2cc(Cl)n(Cc3ccccc3)c2)cc(C(C)(C)C)c1O. The van der Waals surface area contributed by atoms with Crippen molar-refractivity contribution in [3.63, 3.8) is 0 Å². The van der Waals surface area contributed by atoms with E-state index in [4.69, 9.17) is 11.6 Å². The van der Waals surface area contributed by atoms with Gasteiger partial charge in [-0.2, -0.15) is 0 Å². The minimum absolute atomic E-state index is 0.0975. The zero-order chi connectivity index (χ0) is 22.3. The third kappa shape index (κ3) is 4.62. The van der Waals surface area contributed by atoms with Gasteiger partial charge in [-0.25, -0.2) is 0 Å². The molecular formula is C26H30ClNO2. The first-order chi connectivity index (χ1) is 13.9. The predicted molar refractivity (Wildman–Crippen MR) is 124 cm³/mol. The Morgan fingerprint density at radius 1 is 0.900 bits per heavy atom. The number of rotatable bonds is 4. The number of phenols is 1. The van der Waals surface area contributed by atoms with Gasteiger partial charge in [0, 0.05) is 35.0 Å². The fourth-order valence-corrected chi connectivity index (χ4v) is 3.81. The first kappa shape index (κ1) is 22.2. The molecule has 1 N–H and O–H groups in total. The van der Waals surface area contributed by atoms with Gasteiger partial charge in [0.25, 0.3) is 0 Å². The second kappa shape index (κ2) is 7.96. The number of carbonyl (C=O) groups is 1. The average Bonchev–Trinajstić information content (AvgIpc) is 3.00. The lowest BCUT2D eigenvalue weighted by Crippen LogP contribution is -2.19. The molecule has 0 aliphatic carbocycles. The number of hydrogen-bond acceptors (Lipinski definition) is 2. The van der Waals surface area contributed by atoms with Crippen molar-refractivity contribution in [3.8, 4) is 5.75 Å². The van der Waals surface area contributed by atoms with E-state index in [0.29, 0.717) is 22.8 Å². The Morgan fingerprint density at radius 3 is 1.93 bits per heavy atom. The molecule has 0 radical (unpaired) electrons. The van der Waals surface area contributed by atoms with E-state index in [1.807, 2.05) is 88.6 Å². The molecule has 0 amide bonds. The second-order valence-electron chi connectivity index (χ2n) is 9.91. The summed E-state index contributed by atoms with van der Waals surface area (Å²) in [5, 5.41) is 11.4. The lowest BCUT2D eigenvalue weighted by molar-refractivity contribution is 0.103. The minimum atomic E-state index is -0.294. The van der Waals surface area contributed by atoms with Gasteiger partial charge in [-0.1, -0.05) is 83.5 Å². The van der Waals surface area contributed by atoms with E-state index in [1.165, 1.54) is 0 Å². The molecule has 3 aromatic rings. The van der Waals surface area contributed by atoms with Crippen molar-refractivity contribution in [2.75, 3.05) is 0 Å². The lowest BCUT2D eigenvalue weighted by atomic mass is 9.78. The summed E-state index contributed by atoms with van der Waals surface area (Å²) in [6.45, 7) is 12.8. The summed E-state index contributed by atoms with van der Waals surface area (Å²) in [5.41, 5.74) is 3.18. The Kier molecular flexibility index (Phi) is 5.88. The molecular weight excluding hydrogens is 394 g/mol. The predicted octanol–water partition coefficient (Wildman–Crippen LogP) is 6.72. The summed E-state index contributed by atoms with van der Waals surface area (Å²) >= 11 is 6.43. The van der Waals surface area contributed by atoms with Gasteiger partial charge in [0.1, 0.15) is 10.9 Å². The first-order valence-corrected chi connectivity index (χ1v) is 10.6. The van der Waals surface area contributed by atoms with Crippen LogP contribution in [0, 0.1) is 0 Å². The third-order valence-corrected chi connectivity index (χ3v) is 5.62. The van der Waals surface area contributed by atoms with Crippen molar-refractivity contribution < 1.29 is 9.90 Å². The topological polar surface area (TPSA) is 42.2 Å². The molecule has 3 nitrogen and oxygen atoms in total. The van der Waals surface area contributed by atoms with Crippen LogP contribution in [0.2, 0.25) is 5.15 Å². The van der Waals surface area contributed by atoms with Gasteiger partial charge in [-0.3, -0.25) is 4.79 Å².